The summed E-state index contributed by atoms with van der Waals surface area (Å²) in [4.78, 5) is 14.5. The monoisotopic (exact) mass is 402 g/mol. The molecule has 0 radical (unpaired) electrons. The van der Waals surface area contributed by atoms with E-state index >= 15 is 0 Å². The molecule has 1 aliphatic rings. The number of carbonyl (C=O) groups is 1. The van der Waals surface area contributed by atoms with Crippen LogP contribution in [0.4, 0.5) is 0 Å². The molecular formula is C21H26N2O4S. The molecular weight excluding hydrogens is 376 g/mol. The lowest BCUT2D eigenvalue weighted by Crippen LogP contribution is -2.30. The number of hydrogen-bond acceptors (Lipinski definition) is 4. The van der Waals surface area contributed by atoms with Crippen molar-refractivity contribution in [3.05, 3.63) is 60.2 Å². The Morgan fingerprint density at radius 2 is 1.79 bits per heavy atom. The minimum Gasteiger partial charge on any atom is -0.494 e. The van der Waals surface area contributed by atoms with Crippen molar-refractivity contribution in [1.29, 1.82) is 0 Å². The van der Waals surface area contributed by atoms with E-state index in [2.05, 4.69) is 0 Å². The normalized spacial score (nSPS) is 14.8. The van der Waals surface area contributed by atoms with E-state index in [1.54, 1.807) is 30.1 Å². The second-order valence-electron chi connectivity index (χ2n) is 6.88. The number of ether oxygens (including phenoxy) is 1. The molecule has 28 heavy (non-hydrogen) atoms. The zero-order valence-corrected chi connectivity index (χ0v) is 16.9. The van der Waals surface area contributed by atoms with Crippen LogP contribution in [0.1, 0.15) is 29.6 Å². The predicted molar refractivity (Wildman–Crippen MR) is 108 cm³/mol. The van der Waals surface area contributed by atoms with Crippen molar-refractivity contribution in [3.63, 3.8) is 0 Å². The summed E-state index contributed by atoms with van der Waals surface area (Å²) in [5.74, 6) is 0.606. The van der Waals surface area contributed by atoms with Crippen molar-refractivity contribution in [1.82, 2.24) is 9.21 Å². The maximum Gasteiger partial charge on any atom is 0.253 e. The van der Waals surface area contributed by atoms with Crippen molar-refractivity contribution in [2.45, 2.75) is 24.2 Å². The number of rotatable bonds is 8. The van der Waals surface area contributed by atoms with Gasteiger partial charge < -0.3 is 9.64 Å². The maximum absolute atomic E-state index is 12.7. The highest BCUT2D eigenvalue weighted by Gasteiger charge is 2.27. The summed E-state index contributed by atoms with van der Waals surface area (Å²) in [6.45, 7) is 2.11. The van der Waals surface area contributed by atoms with Gasteiger partial charge in [-0.15, -0.1) is 0 Å². The Morgan fingerprint density at radius 3 is 2.50 bits per heavy atom. The zero-order chi connectivity index (χ0) is 20.0. The third-order valence-corrected chi connectivity index (χ3v) is 6.67. The second kappa shape index (κ2) is 9.21. The fourth-order valence-corrected chi connectivity index (χ4v) is 4.76. The molecule has 0 spiro atoms. The van der Waals surface area contributed by atoms with Crippen LogP contribution in [-0.2, 0) is 10.0 Å². The Balaban J connectivity index is 1.57. The average molecular weight is 403 g/mol. The number of amides is 1. The molecule has 1 fully saturated rings. The third kappa shape index (κ3) is 4.91. The lowest BCUT2D eigenvalue weighted by Gasteiger charge is -2.19. The minimum atomic E-state index is -3.53. The molecule has 0 unspecified atom stereocenters. The van der Waals surface area contributed by atoms with Gasteiger partial charge in [-0.05, 0) is 49.6 Å². The molecule has 150 valence electrons. The van der Waals surface area contributed by atoms with Gasteiger partial charge in [0, 0.05) is 32.2 Å². The van der Waals surface area contributed by atoms with E-state index in [1.807, 2.05) is 30.3 Å². The molecule has 6 nitrogen and oxygen atoms in total. The Labute approximate surface area is 166 Å². The number of benzene rings is 2. The minimum absolute atomic E-state index is 0.182. The van der Waals surface area contributed by atoms with E-state index in [9.17, 15) is 13.2 Å². The second-order valence-corrected chi connectivity index (χ2v) is 8.82. The van der Waals surface area contributed by atoms with Crippen LogP contribution in [0.5, 0.6) is 5.75 Å². The molecule has 0 saturated carbocycles. The van der Waals surface area contributed by atoms with E-state index in [1.165, 1.54) is 10.4 Å². The van der Waals surface area contributed by atoms with E-state index in [0.717, 1.165) is 18.6 Å². The van der Waals surface area contributed by atoms with E-state index < -0.39 is 10.0 Å². The topological polar surface area (TPSA) is 66.9 Å². The smallest absolute Gasteiger partial charge is 0.253 e. The first-order valence-corrected chi connectivity index (χ1v) is 11.0. The van der Waals surface area contributed by atoms with Gasteiger partial charge in [0.25, 0.3) is 5.91 Å². The van der Waals surface area contributed by atoms with Crippen molar-refractivity contribution < 1.29 is 17.9 Å². The molecule has 0 aromatic heterocycles. The van der Waals surface area contributed by atoms with E-state index in [-0.39, 0.29) is 10.8 Å². The van der Waals surface area contributed by atoms with Gasteiger partial charge in [0.1, 0.15) is 5.75 Å². The van der Waals surface area contributed by atoms with Crippen LogP contribution in [-0.4, -0.2) is 56.8 Å². The van der Waals surface area contributed by atoms with Crippen LogP contribution in [0.25, 0.3) is 0 Å². The molecule has 0 atom stereocenters. The summed E-state index contributed by atoms with van der Waals surface area (Å²) < 4.78 is 32.5. The van der Waals surface area contributed by atoms with Gasteiger partial charge in [-0.25, -0.2) is 8.42 Å². The van der Waals surface area contributed by atoms with Gasteiger partial charge >= 0.3 is 0 Å². The lowest BCUT2D eigenvalue weighted by atomic mass is 10.2. The number of hydrogen-bond donors (Lipinski definition) is 0. The van der Waals surface area contributed by atoms with Crippen LogP contribution >= 0.6 is 0 Å². The molecule has 1 heterocycles. The summed E-state index contributed by atoms with van der Waals surface area (Å²) in [6, 6.07) is 15.8. The lowest BCUT2D eigenvalue weighted by molar-refractivity contribution is 0.0787. The fourth-order valence-electron chi connectivity index (χ4n) is 3.20. The quantitative estimate of drug-likeness (QED) is 0.637. The van der Waals surface area contributed by atoms with Gasteiger partial charge in [-0.3, -0.25) is 4.79 Å². The first kappa shape index (κ1) is 20.4. The molecule has 0 N–H and O–H groups in total. The SMILES string of the molecule is CN(CCCOc1ccccc1)C(=O)c1cccc(S(=O)(=O)N2CCCC2)c1. The Kier molecular flexibility index (Phi) is 6.70. The van der Waals surface area contributed by atoms with Gasteiger partial charge in [0.05, 0.1) is 11.5 Å². The fraction of sp³-hybridized carbons (Fsp3) is 0.381. The Morgan fingerprint density at radius 1 is 1.07 bits per heavy atom. The van der Waals surface area contributed by atoms with E-state index in [4.69, 9.17) is 4.74 Å². The van der Waals surface area contributed by atoms with Crippen molar-refractivity contribution in [2.75, 3.05) is 33.3 Å². The number of carbonyl (C=O) groups excluding carboxylic acids is 1. The number of nitrogens with zero attached hydrogens (tertiary/aromatic N) is 2. The zero-order valence-electron chi connectivity index (χ0n) is 16.1. The average Bonchev–Trinajstić information content (AvgIpc) is 3.27. The maximum atomic E-state index is 12.7. The highest BCUT2D eigenvalue weighted by Crippen LogP contribution is 2.22. The van der Waals surface area contributed by atoms with Gasteiger partial charge in [0.15, 0.2) is 0 Å². The van der Waals surface area contributed by atoms with Crippen molar-refractivity contribution in [2.24, 2.45) is 0 Å². The Hall–Kier alpha value is -2.38. The van der Waals surface area contributed by atoms with Gasteiger partial charge in [-0.1, -0.05) is 24.3 Å². The molecule has 7 heteroatoms. The summed E-state index contributed by atoms with van der Waals surface area (Å²) in [5.41, 5.74) is 0.381. The van der Waals surface area contributed by atoms with E-state index in [0.29, 0.717) is 38.2 Å². The highest BCUT2D eigenvalue weighted by atomic mass is 32.2. The van der Waals surface area contributed by atoms with Crippen LogP contribution in [0.2, 0.25) is 0 Å². The molecule has 0 aliphatic carbocycles. The van der Waals surface area contributed by atoms with Gasteiger partial charge in [0.2, 0.25) is 10.0 Å². The molecule has 1 amide bonds. The van der Waals surface area contributed by atoms with Crippen molar-refractivity contribution >= 4 is 15.9 Å². The largest absolute Gasteiger partial charge is 0.494 e. The summed E-state index contributed by atoms with van der Waals surface area (Å²) >= 11 is 0. The van der Waals surface area contributed by atoms with Crippen LogP contribution in [0, 0.1) is 0 Å². The standard InChI is InChI=1S/C21H26N2O4S/c1-22(13-8-16-27-19-10-3-2-4-11-19)21(24)18-9-7-12-20(17-18)28(25,26)23-14-5-6-15-23/h2-4,7,9-12,17H,5-6,8,13-16H2,1H3. The first-order chi connectivity index (χ1) is 13.5. The number of sulfonamides is 1. The summed E-state index contributed by atoms with van der Waals surface area (Å²) in [5, 5.41) is 0. The van der Waals surface area contributed by atoms with Crippen LogP contribution in [0.3, 0.4) is 0 Å². The molecule has 2 aromatic carbocycles. The molecule has 2 aromatic rings. The number of para-hydroxylation sites is 1. The first-order valence-electron chi connectivity index (χ1n) is 9.52. The van der Waals surface area contributed by atoms with Crippen LogP contribution < -0.4 is 4.74 Å². The van der Waals surface area contributed by atoms with Gasteiger partial charge in [-0.2, -0.15) is 4.31 Å². The van der Waals surface area contributed by atoms with Crippen molar-refractivity contribution in [3.8, 4) is 5.75 Å². The third-order valence-electron chi connectivity index (χ3n) is 4.78. The molecule has 3 rings (SSSR count). The Bertz CT molecular complexity index is 894. The molecule has 1 saturated heterocycles. The summed E-state index contributed by atoms with van der Waals surface area (Å²) in [6.07, 6.45) is 2.44. The molecule has 1 aliphatic heterocycles. The highest BCUT2D eigenvalue weighted by molar-refractivity contribution is 7.89. The molecule has 0 bridgehead atoms. The van der Waals surface area contributed by atoms with Crippen LogP contribution in [0.15, 0.2) is 59.5 Å². The predicted octanol–water partition coefficient (Wildman–Crippen LogP) is 3.01. The summed E-state index contributed by atoms with van der Waals surface area (Å²) in [7, 11) is -1.81.